The molecule has 3 saturated heterocycles. The number of amides is 2. The van der Waals surface area contributed by atoms with Gasteiger partial charge in [0.15, 0.2) is 5.75 Å². The van der Waals surface area contributed by atoms with Crippen molar-refractivity contribution < 1.29 is 42.8 Å². The third-order valence-electron chi connectivity index (χ3n) is 15.6. The Kier molecular flexibility index (Phi) is 15.4. The fraction of sp³-hybridized carbons (Fsp3) is 0.367. The molecule has 2 amide bonds. The van der Waals surface area contributed by atoms with Crippen molar-refractivity contribution in [3.05, 3.63) is 132 Å². The Balaban J connectivity index is 0.854. The summed E-state index contributed by atoms with van der Waals surface area (Å²) in [5.74, 6) is -0.792. The molecule has 8 aromatic rings. The molecule has 20 heteroatoms. The van der Waals surface area contributed by atoms with Crippen LogP contribution in [0.4, 0.5) is 14.6 Å². The molecule has 18 nitrogen and oxygen atoms in total. The number of ether oxygens (including phenoxy) is 3. The zero-order valence-corrected chi connectivity index (χ0v) is 45.1. The molecule has 4 aromatic carbocycles. The molecule has 4 aromatic heterocycles. The lowest BCUT2D eigenvalue weighted by Gasteiger charge is -2.30. The summed E-state index contributed by atoms with van der Waals surface area (Å²) in [7, 11) is 1.61. The van der Waals surface area contributed by atoms with Gasteiger partial charge in [-0.15, -0.1) is 5.10 Å². The number of aromatic hydroxyl groups is 1. The molecule has 7 heterocycles. The monoisotopic (exact) mass is 1090 g/mol. The zero-order valence-electron chi connectivity index (χ0n) is 45.1. The number of halogens is 2. The standard InChI is InChI=1S/C60H63F2N11O7/c1-6-43-46(61)20-19-39-23-42(75)25-44(51(39)43)53-56(54-45(27-65-53)57(72-28-40-24-41(72)26-64-40)68-60(67-54)80-31-34(4)78-5)79-32-35-11-13-36(14-12-35)48-29-73(70-69-48)55(33(2)3)59(77)71-22-8-10-50(71)58(76)66-49(30-74)37-15-17-38(18-16-37)52-47(62)9-7-21-63-52/h7,9,11-21,23,25,27,29,33-34,40-41,49-50,55,64,74-75H,6,8,10,22,24,26,28,30-32H2,1-5H3,(H,66,76)/t34-,40?,41?,49?,50?,55?/m0/s1. The van der Waals surface area contributed by atoms with E-state index in [1.54, 1.807) is 71.5 Å². The minimum Gasteiger partial charge on any atom is -0.508 e. The lowest BCUT2D eigenvalue weighted by atomic mass is 9.94. The molecule has 3 aliphatic heterocycles. The van der Waals surface area contributed by atoms with E-state index in [0.29, 0.717) is 98.7 Å². The van der Waals surface area contributed by atoms with Crippen LogP contribution >= 0.6 is 0 Å². The first-order chi connectivity index (χ1) is 38.8. The number of carbonyl (C=O) groups is 2. The second-order valence-corrected chi connectivity index (χ2v) is 21.2. The van der Waals surface area contributed by atoms with Gasteiger partial charge in [0, 0.05) is 67.9 Å². The predicted octanol–water partition coefficient (Wildman–Crippen LogP) is 8.29. The Morgan fingerprint density at radius 2 is 1.74 bits per heavy atom. The van der Waals surface area contributed by atoms with Crippen molar-refractivity contribution in [3.63, 3.8) is 0 Å². The number of anilines is 1. The Hall–Kier alpha value is -8.20. The number of likely N-dealkylation sites (tertiary alicyclic amines) is 1. The van der Waals surface area contributed by atoms with Crippen LogP contribution in [0.3, 0.4) is 0 Å². The number of fused-ring (bicyclic) bond motifs is 4. The van der Waals surface area contributed by atoms with Gasteiger partial charge in [0.25, 0.3) is 0 Å². The van der Waals surface area contributed by atoms with Gasteiger partial charge in [-0.05, 0) is 96.3 Å². The molecule has 5 unspecified atom stereocenters. The molecule has 414 valence electrons. The Morgan fingerprint density at radius 3 is 2.45 bits per heavy atom. The van der Waals surface area contributed by atoms with Gasteiger partial charge in [-0.2, -0.15) is 9.97 Å². The smallest absolute Gasteiger partial charge is 0.319 e. The largest absolute Gasteiger partial charge is 0.508 e. The fourth-order valence-electron chi connectivity index (χ4n) is 11.4. The third-order valence-corrected chi connectivity index (χ3v) is 15.6. The quantitative estimate of drug-likeness (QED) is 0.0599. The Morgan fingerprint density at radius 1 is 0.938 bits per heavy atom. The highest BCUT2D eigenvalue weighted by atomic mass is 19.1. The number of methoxy groups -OCH3 is 1. The number of aryl methyl sites for hydroxylation is 1. The topological polar surface area (TPSA) is 215 Å². The second-order valence-electron chi connectivity index (χ2n) is 21.2. The van der Waals surface area contributed by atoms with Crippen molar-refractivity contribution in [2.24, 2.45) is 5.92 Å². The summed E-state index contributed by atoms with van der Waals surface area (Å²) < 4.78 is 50.2. The number of nitrogens with zero attached hydrogens (tertiary/aromatic N) is 9. The van der Waals surface area contributed by atoms with Crippen LogP contribution in [0.2, 0.25) is 0 Å². The van der Waals surface area contributed by atoms with Crippen molar-refractivity contribution in [3.8, 4) is 51.3 Å². The van der Waals surface area contributed by atoms with Crippen molar-refractivity contribution in [1.29, 1.82) is 0 Å². The minimum absolute atomic E-state index is 0.0233. The molecule has 0 saturated carbocycles. The highest BCUT2D eigenvalue weighted by Gasteiger charge is 2.41. The summed E-state index contributed by atoms with van der Waals surface area (Å²) in [4.78, 5) is 51.5. The van der Waals surface area contributed by atoms with E-state index in [-0.39, 0.29) is 60.5 Å². The van der Waals surface area contributed by atoms with Gasteiger partial charge in [0.2, 0.25) is 11.8 Å². The Bertz CT molecular complexity index is 3590. The van der Waals surface area contributed by atoms with Gasteiger partial charge in [0.05, 0.1) is 30.3 Å². The number of hydrogen-bond acceptors (Lipinski definition) is 15. The van der Waals surface area contributed by atoms with E-state index in [2.05, 4.69) is 30.8 Å². The van der Waals surface area contributed by atoms with Crippen LogP contribution in [0.1, 0.15) is 75.7 Å². The molecular weight excluding hydrogens is 1020 g/mol. The lowest BCUT2D eigenvalue weighted by molar-refractivity contribution is -0.142. The average molecular weight is 1090 g/mol. The molecular formula is C60H63F2N11O7. The van der Waals surface area contributed by atoms with Crippen LogP contribution in [0, 0.1) is 17.6 Å². The van der Waals surface area contributed by atoms with E-state index >= 15 is 4.39 Å². The zero-order chi connectivity index (χ0) is 55.8. The second kappa shape index (κ2) is 22.9. The summed E-state index contributed by atoms with van der Waals surface area (Å²) in [6, 6.07) is 21.8. The maximum Gasteiger partial charge on any atom is 0.319 e. The molecule has 6 atom stereocenters. The first-order valence-electron chi connectivity index (χ1n) is 27.2. The van der Waals surface area contributed by atoms with Gasteiger partial charge in [-0.25, -0.2) is 13.5 Å². The van der Waals surface area contributed by atoms with Crippen LogP contribution in [0.15, 0.2) is 104 Å². The SMILES string of the molecule is CCc1c(F)ccc2cc(O)cc(-c3ncc4c(N5CC6CC5CN6)nc(OC[C@H](C)OC)nc4c3OCc3ccc(-c4cn(C(C(=O)N5CCCC5C(=O)NC(CO)c5ccc(-c6ncccc6F)cc5)C(C)C)nn4)cc3)c12. The molecule has 2 bridgehead atoms. The Labute approximate surface area is 461 Å². The number of phenols is 1. The summed E-state index contributed by atoms with van der Waals surface area (Å²) in [5, 5.41) is 38.9. The molecule has 4 N–H and O–H groups in total. The number of carbonyl (C=O) groups excluding carboxylic acids is 2. The number of hydrogen-bond donors (Lipinski definition) is 4. The van der Waals surface area contributed by atoms with Crippen molar-refractivity contribution in [2.45, 2.75) is 96.3 Å². The van der Waals surface area contributed by atoms with Crippen molar-refractivity contribution in [2.75, 3.05) is 44.9 Å². The molecule has 0 radical (unpaired) electrons. The van der Waals surface area contributed by atoms with E-state index in [9.17, 15) is 24.2 Å². The summed E-state index contributed by atoms with van der Waals surface area (Å²) in [5.41, 5.74) is 5.13. The predicted molar refractivity (Wildman–Crippen MR) is 297 cm³/mol. The van der Waals surface area contributed by atoms with Crippen LogP contribution in [0.25, 0.3) is 55.4 Å². The molecule has 3 aliphatic rings. The molecule has 0 aliphatic carbocycles. The van der Waals surface area contributed by atoms with Gasteiger partial charge in [-0.3, -0.25) is 19.6 Å². The molecule has 11 rings (SSSR count). The number of piperazine rings is 1. The van der Waals surface area contributed by atoms with Crippen LogP contribution < -0.4 is 25.0 Å². The first-order valence-corrected chi connectivity index (χ1v) is 27.2. The summed E-state index contributed by atoms with van der Waals surface area (Å²) in [6.07, 6.45) is 7.12. The number of aromatic nitrogens is 7. The maximum absolute atomic E-state index is 15.7. The van der Waals surface area contributed by atoms with Gasteiger partial charge in [0.1, 0.15) is 71.1 Å². The third kappa shape index (κ3) is 10.6. The number of nitrogens with one attached hydrogen (secondary N) is 2. The number of rotatable bonds is 19. The molecule has 80 heavy (non-hydrogen) atoms. The highest BCUT2D eigenvalue weighted by molar-refractivity contribution is 6.04. The van der Waals surface area contributed by atoms with Crippen LogP contribution in [-0.2, 0) is 27.4 Å². The number of phenolic OH excluding ortho intramolecular Hbond substituents is 1. The van der Waals surface area contributed by atoms with E-state index in [1.165, 1.54) is 24.4 Å². The van der Waals surface area contributed by atoms with E-state index < -0.39 is 36.5 Å². The number of aliphatic hydroxyl groups is 1. The normalized spacial score (nSPS) is 18.1. The van der Waals surface area contributed by atoms with E-state index in [4.69, 9.17) is 29.2 Å². The maximum atomic E-state index is 15.7. The van der Waals surface area contributed by atoms with E-state index in [0.717, 1.165) is 30.6 Å². The van der Waals surface area contributed by atoms with E-state index in [1.807, 2.05) is 52.0 Å². The summed E-state index contributed by atoms with van der Waals surface area (Å²) >= 11 is 0. The van der Waals surface area contributed by atoms with Crippen molar-refractivity contribution >= 4 is 39.3 Å². The lowest BCUT2D eigenvalue weighted by Crippen LogP contribution is -2.50. The average Bonchev–Trinajstić information content (AvgIpc) is 4.40. The van der Waals surface area contributed by atoms with Gasteiger partial charge >= 0.3 is 6.01 Å². The highest BCUT2D eigenvalue weighted by Crippen LogP contribution is 2.45. The summed E-state index contributed by atoms with van der Waals surface area (Å²) in [6.45, 7) is 9.37. The number of pyridine rings is 2. The minimum atomic E-state index is -0.779. The molecule has 0 spiro atoms. The van der Waals surface area contributed by atoms with Crippen LogP contribution in [-0.4, -0.2) is 126 Å². The van der Waals surface area contributed by atoms with Crippen molar-refractivity contribution in [1.82, 2.24) is 50.5 Å². The van der Waals surface area contributed by atoms with Gasteiger partial charge in [-0.1, -0.05) is 80.6 Å². The first kappa shape index (κ1) is 53.8. The fourth-order valence-corrected chi connectivity index (χ4v) is 11.4. The van der Waals surface area contributed by atoms with Gasteiger partial charge < -0.3 is 44.9 Å². The number of benzene rings is 4. The molecule has 3 fully saturated rings. The number of aliphatic hydroxyl groups excluding tert-OH is 1. The van der Waals surface area contributed by atoms with Crippen LogP contribution in [0.5, 0.6) is 17.5 Å².